The van der Waals surface area contributed by atoms with Crippen LogP contribution in [0.5, 0.6) is 0 Å². The van der Waals surface area contributed by atoms with Gasteiger partial charge >= 0.3 is 0 Å². The van der Waals surface area contributed by atoms with E-state index >= 15 is 0 Å². The summed E-state index contributed by atoms with van der Waals surface area (Å²) in [6.45, 7) is 11.7. The third-order valence-electron chi connectivity index (χ3n) is 6.39. The largest absolute Gasteiger partial charge is 0.354 e. The molecule has 0 saturated carbocycles. The zero-order chi connectivity index (χ0) is 22.4. The maximum absolute atomic E-state index is 9.93. The maximum Gasteiger partial charge on any atom is 0.225 e. The summed E-state index contributed by atoms with van der Waals surface area (Å²) in [6, 6.07) is 12.6. The number of pyridine rings is 1. The molecule has 0 radical (unpaired) electrons. The van der Waals surface area contributed by atoms with Crippen LogP contribution >= 0.6 is 0 Å². The smallest absolute Gasteiger partial charge is 0.225 e. The van der Waals surface area contributed by atoms with Gasteiger partial charge in [0, 0.05) is 37.6 Å². The van der Waals surface area contributed by atoms with Crippen LogP contribution in [0.25, 0.3) is 16.7 Å². The first-order valence-corrected chi connectivity index (χ1v) is 11.2. The maximum atomic E-state index is 9.93. The van der Waals surface area contributed by atoms with Gasteiger partial charge in [0.2, 0.25) is 5.95 Å². The summed E-state index contributed by atoms with van der Waals surface area (Å²) in [6.07, 6.45) is 0.860. The fourth-order valence-electron chi connectivity index (χ4n) is 4.89. The molecule has 0 amide bonds. The number of anilines is 2. The lowest BCUT2D eigenvalue weighted by atomic mass is 10.0. The number of hydrogen-bond donors (Lipinski definition) is 0. The van der Waals surface area contributed by atoms with E-state index in [-0.39, 0.29) is 0 Å². The van der Waals surface area contributed by atoms with Gasteiger partial charge in [-0.25, -0.2) is 15.0 Å². The highest BCUT2D eigenvalue weighted by Crippen LogP contribution is 2.34. The number of imidazole rings is 1. The van der Waals surface area contributed by atoms with Crippen LogP contribution in [-0.2, 0) is 6.42 Å². The van der Waals surface area contributed by atoms with E-state index in [1.165, 1.54) is 5.56 Å². The van der Waals surface area contributed by atoms with E-state index in [4.69, 9.17) is 4.98 Å². The van der Waals surface area contributed by atoms with Crippen LogP contribution in [0.15, 0.2) is 30.3 Å². The average molecular weight is 426 g/mol. The van der Waals surface area contributed by atoms with Crippen molar-refractivity contribution in [3.05, 3.63) is 58.4 Å². The third-order valence-corrected chi connectivity index (χ3v) is 6.39. The number of aromatic nitrogens is 4. The first-order chi connectivity index (χ1) is 15.5. The van der Waals surface area contributed by atoms with Gasteiger partial charge in [-0.1, -0.05) is 19.1 Å². The second kappa shape index (κ2) is 7.79. The molecular formula is C25H27N7. The fraction of sp³-hybridized carbons (Fsp3) is 0.360. The molecule has 32 heavy (non-hydrogen) atoms. The summed E-state index contributed by atoms with van der Waals surface area (Å²) in [5.74, 6) is 1.97. The van der Waals surface area contributed by atoms with Gasteiger partial charge in [-0.3, -0.25) is 4.40 Å². The Morgan fingerprint density at radius 1 is 0.938 bits per heavy atom. The van der Waals surface area contributed by atoms with Gasteiger partial charge in [0.05, 0.1) is 16.6 Å². The van der Waals surface area contributed by atoms with Crippen molar-refractivity contribution in [2.24, 2.45) is 0 Å². The Morgan fingerprint density at radius 2 is 1.59 bits per heavy atom. The lowest BCUT2D eigenvalue weighted by Crippen LogP contribution is -2.48. The quantitative estimate of drug-likeness (QED) is 0.495. The van der Waals surface area contributed by atoms with Gasteiger partial charge in [0.15, 0.2) is 5.65 Å². The second-order valence-electron chi connectivity index (χ2n) is 8.45. The van der Waals surface area contributed by atoms with Crippen LogP contribution in [0, 0.1) is 32.1 Å². The highest BCUT2D eigenvalue weighted by molar-refractivity contribution is 5.86. The number of nitriles is 1. The average Bonchev–Trinajstić information content (AvgIpc) is 3.16. The number of nitrogens with zero attached hydrogens (tertiary/aromatic N) is 7. The first-order valence-electron chi connectivity index (χ1n) is 11.2. The highest BCUT2D eigenvalue weighted by atomic mass is 15.3. The Kier molecular flexibility index (Phi) is 4.93. The monoisotopic (exact) mass is 425 g/mol. The molecule has 0 bridgehead atoms. The van der Waals surface area contributed by atoms with Gasteiger partial charge in [0.25, 0.3) is 0 Å². The molecule has 0 atom stereocenters. The number of fused-ring (bicyclic) bond motifs is 3. The van der Waals surface area contributed by atoms with Gasteiger partial charge < -0.3 is 9.80 Å². The standard InChI is InChI=1S/C25H27N7/c1-5-19-18(4)20(15-26)23-29-21-8-6-7-9-22(21)32(23)24(19)30-10-12-31(13-11-30)25-27-16(2)14-17(3)28-25/h6-9,14H,5,10-13H2,1-4H3. The Hall–Kier alpha value is -3.66. The number of para-hydroxylation sites is 2. The fourth-order valence-corrected chi connectivity index (χ4v) is 4.89. The summed E-state index contributed by atoms with van der Waals surface area (Å²) < 4.78 is 2.20. The summed E-state index contributed by atoms with van der Waals surface area (Å²) in [4.78, 5) is 18.9. The van der Waals surface area contributed by atoms with Crippen molar-refractivity contribution >= 4 is 28.4 Å². The van der Waals surface area contributed by atoms with E-state index in [1.54, 1.807) is 0 Å². The van der Waals surface area contributed by atoms with Gasteiger partial charge in [-0.2, -0.15) is 5.26 Å². The van der Waals surface area contributed by atoms with Crippen LogP contribution in [0.4, 0.5) is 11.8 Å². The number of hydrogen-bond acceptors (Lipinski definition) is 6. The van der Waals surface area contributed by atoms with E-state index in [0.29, 0.717) is 5.56 Å². The predicted molar refractivity (Wildman–Crippen MR) is 127 cm³/mol. The number of benzene rings is 1. The Bertz CT molecular complexity index is 1350. The highest BCUT2D eigenvalue weighted by Gasteiger charge is 2.27. The summed E-state index contributed by atoms with van der Waals surface area (Å²) in [7, 11) is 0. The molecule has 1 aliphatic rings. The minimum absolute atomic E-state index is 0.670. The SMILES string of the molecule is CCc1c(C)c(C#N)c2nc3ccccc3n2c1N1CCN(c2nc(C)cc(C)n2)CC1. The van der Waals surface area contributed by atoms with E-state index in [0.717, 1.165) is 78.0 Å². The number of piperazine rings is 1. The molecule has 4 aromatic rings. The van der Waals surface area contributed by atoms with Crippen molar-refractivity contribution in [1.29, 1.82) is 5.26 Å². The molecule has 0 aliphatic carbocycles. The van der Waals surface area contributed by atoms with E-state index in [9.17, 15) is 5.26 Å². The van der Waals surface area contributed by atoms with E-state index in [1.807, 2.05) is 38.1 Å². The number of rotatable bonds is 3. The van der Waals surface area contributed by atoms with Crippen LogP contribution in [0.1, 0.15) is 35.0 Å². The molecule has 162 valence electrons. The second-order valence-corrected chi connectivity index (χ2v) is 8.45. The van der Waals surface area contributed by atoms with Crippen molar-refractivity contribution in [2.45, 2.75) is 34.1 Å². The summed E-state index contributed by atoms with van der Waals surface area (Å²) in [5, 5.41) is 9.93. The van der Waals surface area contributed by atoms with Crippen molar-refractivity contribution in [1.82, 2.24) is 19.4 Å². The molecule has 0 N–H and O–H groups in total. The van der Waals surface area contributed by atoms with Gasteiger partial charge in [-0.05, 0) is 56.5 Å². The number of aryl methyl sites for hydroxylation is 2. The van der Waals surface area contributed by atoms with Gasteiger partial charge in [0.1, 0.15) is 11.9 Å². The molecule has 5 rings (SSSR count). The molecule has 1 fully saturated rings. The van der Waals surface area contributed by atoms with Crippen molar-refractivity contribution < 1.29 is 0 Å². The molecule has 0 spiro atoms. The minimum atomic E-state index is 0.670. The van der Waals surface area contributed by atoms with Crippen LogP contribution in [-0.4, -0.2) is 45.5 Å². The van der Waals surface area contributed by atoms with Crippen LogP contribution in [0.3, 0.4) is 0 Å². The van der Waals surface area contributed by atoms with E-state index in [2.05, 4.69) is 50.2 Å². The van der Waals surface area contributed by atoms with Crippen molar-refractivity contribution in [3.63, 3.8) is 0 Å². The molecule has 1 saturated heterocycles. The third kappa shape index (κ3) is 3.14. The Labute approximate surface area is 188 Å². The zero-order valence-corrected chi connectivity index (χ0v) is 19.1. The molecular weight excluding hydrogens is 398 g/mol. The normalized spacial score (nSPS) is 14.3. The Balaban J connectivity index is 1.61. The first kappa shape index (κ1) is 20.3. The zero-order valence-electron chi connectivity index (χ0n) is 19.1. The lowest BCUT2D eigenvalue weighted by molar-refractivity contribution is 0.628. The lowest BCUT2D eigenvalue weighted by Gasteiger charge is -2.37. The predicted octanol–water partition coefficient (Wildman–Crippen LogP) is 3.96. The van der Waals surface area contributed by atoms with Crippen LogP contribution in [0.2, 0.25) is 0 Å². The van der Waals surface area contributed by atoms with Gasteiger partial charge in [-0.15, -0.1) is 0 Å². The molecule has 7 heteroatoms. The minimum Gasteiger partial charge on any atom is -0.354 e. The molecule has 3 aromatic heterocycles. The van der Waals surface area contributed by atoms with Crippen molar-refractivity contribution in [3.8, 4) is 6.07 Å². The summed E-state index contributed by atoms with van der Waals surface area (Å²) in [5.41, 5.74) is 7.63. The molecule has 1 aromatic carbocycles. The Morgan fingerprint density at radius 3 is 2.25 bits per heavy atom. The molecule has 1 aliphatic heterocycles. The van der Waals surface area contributed by atoms with E-state index < -0.39 is 0 Å². The molecule has 0 unspecified atom stereocenters. The topological polar surface area (TPSA) is 73.4 Å². The molecule has 4 heterocycles. The molecule has 7 nitrogen and oxygen atoms in total. The van der Waals surface area contributed by atoms with Crippen molar-refractivity contribution in [2.75, 3.05) is 36.0 Å². The summed E-state index contributed by atoms with van der Waals surface area (Å²) >= 11 is 0. The van der Waals surface area contributed by atoms with Crippen LogP contribution < -0.4 is 9.80 Å².